The molecule has 0 N–H and O–H groups in total. The second-order valence-electron chi connectivity index (χ2n) is 3.51. The Kier molecular flexibility index (Phi) is 3.87. The molecule has 0 bridgehead atoms. The quantitative estimate of drug-likeness (QED) is 0.697. The van der Waals surface area contributed by atoms with Gasteiger partial charge in [-0.2, -0.15) is 5.26 Å². The number of amides is 1. The molecule has 0 saturated carbocycles. The van der Waals surface area contributed by atoms with Crippen LogP contribution in [0.2, 0.25) is 0 Å². The number of hydrogen-bond donors (Lipinski definition) is 0. The Bertz CT molecular complexity index is 393. The molecule has 15 heavy (non-hydrogen) atoms. The van der Waals surface area contributed by atoms with Crippen LogP contribution in [-0.4, -0.2) is 24.4 Å². The van der Waals surface area contributed by atoms with Crippen LogP contribution in [0.4, 0.5) is 0 Å². The summed E-state index contributed by atoms with van der Waals surface area (Å²) in [7, 11) is 1.64. The number of aryl methyl sites for hydroxylation is 1. The Hall–Kier alpha value is -1.82. The molecule has 0 aliphatic carbocycles. The number of carbonyl (C=O) groups is 1. The van der Waals surface area contributed by atoms with Crippen molar-refractivity contribution >= 4 is 5.91 Å². The van der Waals surface area contributed by atoms with Gasteiger partial charge in [0, 0.05) is 13.6 Å². The van der Waals surface area contributed by atoms with Crippen molar-refractivity contribution in [2.75, 3.05) is 13.6 Å². The first-order chi connectivity index (χ1) is 7.15. The molecule has 0 aliphatic rings. The van der Waals surface area contributed by atoms with E-state index >= 15 is 0 Å². The normalized spacial score (nSPS) is 9.40. The molecule has 1 rings (SSSR count). The van der Waals surface area contributed by atoms with E-state index in [1.54, 1.807) is 13.1 Å². The van der Waals surface area contributed by atoms with E-state index in [0.717, 1.165) is 6.42 Å². The molecule has 1 aromatic carbocycles. The summed E-state index contributed by atoms with van der Waals surface area (Å²) in [6.07, 6.45) is 0.788. The van der Waals surface area contributed by atoms with Gasteiger partial charge in [-0.3, -0.25) is 4.79 Å². The van der Waals surface area contributed by atoms with Crippen molar-refractivity contribution in [3.05, 3.63) is 35.4 Å². The fourth-order valence-corrected chi connectivity index (χ4v) is 1.37. The van der Waals surface area contributed by atoms with Gasteiger partial charge in [0.1, 0.15) is 0 Å². The number of likely N-dealkylation sites (N-methyl/N-ethyl adjacent to an activating group) is 1. The molecule has 1 amide bonds. The summed E-state index contributed by atoms with van der Waals surface area (Å²) in [4.78, 5) is 12.4. The van der Waals surface area contributed by atoms with E-state index in [0.29, 0.717) is 6.54 Å². The predicted octanol–water partition coefficient (Wildman–Crippen LogP) is 1.52. The third kappa shape index (κ3) is 3.10. The smallest absolute Gasteiger partial charge is 0.324 e. The van der Waals surface area contributed by atoms with Gasteiger partial charge in [0.15, 0.2) is 6.07 Å². The molecule has 1 aromatic rings. The van der Waals surface area contributed by atoms with Gasteiger partial charge in [-0.1, -0.05) is 24.3 Å². The maximum absolute atomic E-state index is 11.0. The van der Waals surface area contributed by atoms with Gasteiger partial charge in [0.25, 0.3) is 0 Å². The van der Waals surface area contributed by atoms with E-state index in [2.05, 4.69) is 0 Å². The minimum atomic E-state index is -0.483. The molecule has 0 saturated heterocycles. The Morgan fingerprint density at radius 3 is 2.73 bits per heavy atom. The highest BCUT2D eigenvalue weighted by molar-refractivity contribution is 5.90. The van der Waals surface area contributed by atoms with Crippen LogP contribution in [0.25, 0.3) is 0 Å². The molecular weight excluding hydrogens is 188 g/mol. The first kappa shape index (κ1) is 11.3. The molecule has 78 valence electrons. The van der Waals surface area contributed by atoms with E-state index in [1.807, 2.05) is 31.2 Å². The maximum atomic E-state index is 11.0. The molecule has 3 heteroatoms. The molecule has 0 spiro atoms. The van der Waals surface area contributed by atoms with Gasteiger partial charge in [-0.25, -0.2) is 0 Å². The maximum Gasteiger partial charge on any atom is 0.324 e. The highest BCUT2D eigenvalue weighted by Crippen LogP contribution is 2.07. The van der Waals surface area contributed by atoms with Crippen LogP contribution in [0.1, 0.15) is 11.1 Å². The molecule has 3 nitrogen and oxygen atoms in total. The van der Waals surface area contributed by atoms with Gasteiger partial charge < -0.3 is 4.90 Å². The third-order valence-corrected chi connectivity index (χ3v) is 2.42. The fourth-order valence-electron chi connectivity index (χ4n) is 1.37. The summed E-state index contributed by atoms with van der Waals surface area (Å²) in [6.45, 7) is 2.62. The fraction of sp³-hybridized carbons (Fsp3) is 0.333. The van der Waals surface area contributed by atoms with Crippen molar-refractivity contribution < 1.29 is 4.79 Å². The van der Waals surface area contributed by atoms with E-state index < -0.39 is 5.91 Å². The Morgan fingerprint density at radius 1 is 1.47 bits per heavy atom. The standard InChI is InChI=1S/C12H14N2O/c1-10-5-3-4-6-11(10)7-8-14(2)12(15)9-13/h3-6H,7-8H2,1-2H3. The number of hydrogen-bond acceptors (Lipinski definition) is 2. The van der Waals surface area contributed by atoms with Crippen LogP contribution >= 0.6 is 0 Å². The van der Waals surface area contributed by atoms with Gasteiger partial charge in [-0.05, 0) is 24.5 Å². The van der Waals surface area contributed by atoms with Crippen LogP contribution in [0, 0.1) is 18.3 Å². The minimum absolute atomic E-state index is 0.483. The Balaban J connectivity index is 2.55. The highest BCUT2D eigenvalue weighted by atomic mass is 16.2. The van der Waals surface area contributed by atoms with Gasteiger partial charge in [0.2, 0.25) is 0 Å². The lowest BCUT2D eigenvalue weighted by atomic mass is 10.1. The van der Waals surface area contributed by atoms with Crippen LogP contribution in [0.15, 0.2) is 24.3 Å². The van der Waals surface area contributed by atoms with Crippen LogP contribution in [-0.2, 0) is 11.2 Å². The molecule has 0 heterocycles. The molecular formula is C12H14N2O. The zero-order valence-electron chi connectivity index (χ0n) is 9.03. The third-order valence-electron chi connectivity index (χ3n) is 2.42. The first-order valence-corrected chi connectivity index (χ1v) is 4.85. The molecule has 0 aromatic heterocycles. The van der Waals surface area contributed by atoms with Crippen molar-refractivity contribution in [2.24, 2.45) is 0 Å². The molecule has 0 fully saturated rings. The van der Waals surface area contributed by atoms with Crippen molar-refractivity contribution in [2.45, 2.75) is 13.3 Å². The van der Waals surface area contributed by atoms with Crippen LogP contribution in [0.3, 0.4) is 0 Å². The monoisotopic (exact) mass is 202 g/mol. The van der Waals surface area contributed by atoms with E-state index in [4.69, 9.17) is 5.26 Å². The summed E-state index contributed by atoms with van der Waals surface area (Å²) < 4.78 is 0. The first-order valence-electron chi connectivity index (χ1n) is 4.85. The number of nitriles is 1. The van der Waals surface area contributed by atoms with Crippen LogP contribution in [0.5, 0.6) is 0 Å². The lowest BCUT2D eigenvalue weighted by molar-refractivity contribution is -0.124. The average Bonchev–Trinajstić information content (AvgIpc) is 2.26. The van der Waals surface area contributed by atoms with Crippen molar-refractivity contribution in [1.29, 1.82) is 5.26 Å². The van der Waals surface area contributed by atoms with Gasteiger partial charge in [0.05, 0.1) is 0 Å². The lowest BCUT2D eigenvalue weighted by Crippen LogP contribution is -2.27. The molecule has 0 unspecified atom stereocenters. The Labute approximate surface area is 89.9 Å². The second-order valence-corrected chi connectivity index (χ2v) is 3.51. The topological polar surface area (TPSA) is 44.1 Å². The zero-order chi connectivity index (χ0) is 11.3. The summed E-state index contributed by atoms with van der Waals surface area (Å²) in [5, 5.41) is 8.42. The van der Waals surface area contributed by atoms with E-state index in [1.165, 1.54) is 16.0 Å². The van der Waals surface area contributed by atoms with E-state index in [-0.39, 0.29) is 0 Å². The molecule has 0 aliphatic heterocycles. The largest absolute Gasteiger partial charge is 0.333 e. The van der Waals surface area contributed by atoms with Crippen LogP contribution < -0.4 is 0 Å². The van der Waals surface area contributed by atoms with Gasteiger partial charge in [-0.15, -0.1) is 0 Å². The summed E-state index contributed by atoms with van der Waals surface area (Å²) >= 11 is 0. The molecule has 0 atom stereocenters. The van der Waals surface area contributed by atoms with E-state index in [9.17, 15) is 4.79 Å². The number of nitrogens with zero attached hydrogens (tertiary/aromatic N) is 2. The van der Waals surface area contributed by atoms with Gasteiger partial charge >= 0.3 is 5.91 Å². The van der Waals surface area contributed by atoms with Crippen molar-refractivity contribution in [3.8, 4) is 6.07 Å². The minimum Gasteiger partial charge on any atom is -0.333 e. The highest BCUT2D eigenvalue weighted by Gasteiger charge is 2.06. The number of carbonyl (C=O) groups excluding carboxylic acids is 1. The summed E-state index contributed by atoms with van der Waals surface area (Å²) in [5.74, 6) is -0.483. The number of benzene rings is 1. The zero-order valence-corrected chi connectivity index (χ0v) is 9.03. The predicted molar refractivity (Wildman–Crippen MR) is 58.1 cm³/mol. The van der Waals surface area contributed by atoms with Crippen molar-refractivity contribution in [3.63, 3.8) is 0 Å². The van der Waals surface area contributed by atoms with Crippen molar-refractivity contribution in [1.82, 2.24) is 4.90 Å². The summed E-state index contributed by atoms with van der Waals surface area (Å²) in [6, 6.07) is 9.66. The second kappa shape index (κ2) is 5.16. The molecule has 0 radical (unpaired) electrons. The SMILES string of the molecule is Cc1ccccc1CCN(C)C(=O)C#N. The number of rotatable bonds is 3. The lowest BCUT2D eigenvalue weighted by Gasteiger charge is -2.13. The average molecular weight is 202 g/mol. The Morgan fingerprint density at radius 2 is 2.13 bits per heavy atom. The summed E-state index contributed by atoms with van der Waals surface area (Å²) in [5.41, 5.74) is 2.44.